The van der Waals surface area contributed by atoms with Crippen LogP contribution in [-0.2, 0) is 11.3 Å². The van der Waals surface area contributed by atoms with Crippen LogP contribution in [0.4, 0.5) is 4.39 Å². The minimum Gasteiger partial charge on any atom is -0.478 e. The maximum atomic E-state index is 13.7. The Morgan fingerprint density at radius 1 is 1.33 bits per heavy atom. The van der Waals surface area contributed by atoms with Crippen molar-refractivity contribution in [2.45, 2.75) is 51.7 Å². The minimum atomic E-state index is -1.03. The van der Waals surface area contributed by atoms with E-state index in [0.29, 0.717) is 24.2 Å². The molecule has 0 radical (unpaired) electrons. The molecule has 114 valence electrons. The lowest BCUT2D eigenvalue weighted by Crippen LogP contribution is -2.42. The highest BCUT2D eigenvalue weighted by Gasteiger charge is 2.24. The van der Waals surface area contributed by atoms with Gasteiger partial charge in [0, 0.05) is 24.7 Å². The van der Waals surface area contributed by atoms with E-state index >= 15 is 0 Å². The molecule has 1 saturated heterocycles. The fourth-order valence-corrected chi connectivity index (χ4v) is 3.03. The van der Waals surface area contributed by atoms with Gasteiger partial charge in [0.1, 0.15) is 5.82 Å². The molecular weight excluding hydrogens is 269 g/mol. The van der Waals surface area contributed by atoms with Gasteiger partial charge >= 0.3 is 5.97 Å². The first kappa shape index (κ1) is 15.7. The number of nitrogens with zero attached hydrogens (tertiary/aromatic N) is 1. The Bertz CT molecular complexity index is 532. The van der Waals surface area contributed by atoms with E-state index in [2.05, 4.69) is 18.7 Å². The zero-order valence-electron chi connectivity index (χ0n) is 12.6. The molecule has 0 saturated carbocycles. The Morgan fingerprint density at radius 3 is 2.62 bits per heavy atom. The van der Waals surface area contributed by atoms with Crippen LogP contribution in [0, 0.1) is 5.82 Å². The summed E-state index contributed by atoms with van der Waals surface area (Å²) in [6, 6.07) is 5.74. The first-order chi connectivity index (χ1) is 9.95. The average Bonchev–Trinajstić information content (AvgIpc) is 2.40. The number of carboxylic acid groups (broad SMARTS) is 1. The third-order valence-corrected chi connectivity index (χ3v) is 4.14. The molecular formula is C17H22FNO2. The van der Waals surface area contributed by atoms with Gasteiger partial charge < -0.3 is 5.11 Å². The summed E-state index contributed by atoms with van der Waals surface area (Å²) >= 11 is 0. The molecule has 1 aliphatic heterocycles. The van der Waals surface area contributed by atoms with Crippen molar-refractivity contribution in [2.75, 3.05) is 0 Å². The number of halogens is 1. The maximum absolute atomic E-state index is 13.7. The van der Waals surface area contributed by atoms with E-state index < -0.39 is 5.97 Å². The smallest absolute Gasteiger partial charge is 0.328 e. The molecule has 0 unspecified atom stereocenters. The molecule has 0 bridgehead atoms. The third-order valence-electron chi connectivity index (χ3n) is 4.14. The van der Waals surface area contributed by atoms with E-state index in [1.807, 2.05) is 6.07 Å². The Kier molecular flexibility index (Phi) is 5.12. The number of likely N-dealkylation sites (tertiary alicyclic amines) is 1. The molecule has 21 heavy (non-hydrogen) atoms. The predicted octanol–water partition coefficient (Wildman–Crippen LogP) is 3.69. The molecule has 4 heteroatoms. The third kappa shape index (κ3) is 4.39. The second kappa shape index (κ2) is 6.85. The van der Waals surface area contributed by atoms with Crippen molar-refractivity contribution in [2.24, 2.45) is 0 Å². The highest BCUT2D eigenvalue weighted by atomic mass is 19.1. The van der Waals surface area contributed by atoms with Gasteiger partial charge in [-0.3, -0.25) is 4.90 Å². The van der Waals surface area contributed by atoms with Gasteiger partial charge in [-0.1, -0.05) is 12.5 Å². The van der Waals surface area contributed by atoms with Crippen LogP contribution < -0.4 is 0 Å². The lowest BCUT2D eigenvalue weighted by atomic mass is 9.96. The van der Waals surface area contributed by atoms with Crippen LogP contribution in [0.15, 0.2) is 24.3 Å². The van der Waals surface area contributed by atoms with Crippen LogP contribution in [0.1, 0.15) is 44.2 Å². The molecule has 1 aromatic rings. The van der Waals surface area contributed by atoms with Gasteiger partial charge in [-0.2, -0.15) is 0 Å². The number of carboxylic acids is 1. The molecule has 1 heterocycles. The van der Waals surface area contributed by atoms with Gasteiger partial charge in [0.05, 0.1) is 0 Å². The molecule has 0 amide bonds. The summed E-state index contributed by atoms with van der Waals surface area (Å²) < 4.78 is 13.7. The summed E-state index contributed by atoms with van der Waals surface area (Å²) in [5.41, 5.74) is 1.48. The van der Waals surface area contributed by atoms with E-state index in [1.165, 1.54) is 37.5 Å². The summed E-state index contributed by atoms with van der Waals surface area (Å²) in [7, 11) is 0. The molecule has 1 aromatic carbocycles. The average molecular weight is 291 g/mol. The van der Waals surface area contributed by atoms with E-state index in [0.717, 1.165) is 11.6 Å². The lowest BCUT2D eigenvalue weighted by molar-refractivity contribution is -0.131. The van der Waals surface area contributed by atoms with Crippen LogP contribution in [0.25, 0.3) is 6.08 Å². The first-order valence-corrected chi connectivity index (χ1v) is 7.42. The summed E-state index contributed by atoms with van der Waals surface area (Å²) in [5.74, 6) is -1.35. The van der Waals surface area contributed by atoms with Gasteiger partial charge in [0.15, 0.2) is 0 Å². The molecule has 0 spiro atoms. The van der Waals surface area contributed by atoms with E-state index in [4.69, 9.17) is 5.11 Å². The second-order valence-corrected chi connectivity index (χ2v) is 5.87. The van der Waals surface area contributed by atoms with Crippen molar-refractivity contribution in [1.82, 2.24) is 4.90 Å². The van der Waals surface area contributed by atoms with Gasteiger partial charge in [0.2, 0.25) is 0 Å². The second-order valence-electron chi connectivity index (χ2n) is 5.87. The molecule has 1 N–H and O–H groups in total. The standard InChI is InChI=1S/C17H22FNO2/c1-12-4-3-5-13(2)19(12)11-15-8-14(6-7-17(20)21)9-16(18)10-15/h6-10,12-13H,3-5,11H2,1-2H3,(H,20,21)/b7-6+/t12-,13+. The topological polar surface area (TPSA) is 40.5 Å². The minimum absolute atomic E-state index is 0.324. The molecule has 3 nitrogen and oxygen atoms in total. The lowest BCUT2D eigenvalue weighted by Gasteiger charge is -2.39. The molecule has 2 rings (SSSR count). The largest absolute Gasteiger partial charge is 0.478 e. The Labute approximate surface area is 125 Å². The Balaban J connectivity index is 2.17. The Morgan fingerprint density at radius 2 is 2.00 bits per heavy atom. The van der Waals surface area contributed by atoms with Crippen molar-refractivity contribution in [1.29, 1.82) is 0 Å². The van der Waals surface area contributed by atoms with Gasteiger partial charge in [-0.15, -0.1) is 0 Å². The fourth-order valence-electron chi connectivity index (χ4n) is 3.03. The van der Waals surface area contributed by atoms with Crippen molar-refractivity contribution < 1.29 is 14.3 Å². The number of benzene rings is 1. The number of hydrogen-bond acceptors (Lipinski definition) is 2. The van der Waals surface area contributed by atoms with Crippen LogP contribution in [0.5, 0.6) is 0 Å². The number of piperidine rings is 1. The first-order valence-electron chi connectivity index (χ1n) is 7.42. The zero-order chi connectivity index (χ0) is 15.4. The number of rotatable bonds is 4. The van der Waals surface area contributed by atoms with Crippen LogP contribution >= 0.6 is 0 Å². The fraction of sp³-hybridized carbons (Fsp3) is 0.471. The molecule has 2 atom stereocenters. The van der Waals surface area contributed by atoms with Crippen LogP contribution in [-0.4, -0.2) is 28.1 Å². The maximum Gasteiger partial charge on any atom is 0.328 e. The zero-order valence-corrected chi connectivity index (χ0v) is 12.6. The number of carbonyl (C=O) groups is 1. The van der Waals surface area contributed by atoms with Gasteiger partial charge in [-0.05, 0) is 56.0 Å². The summed E-state index contributed by atoms with van der Waals surface area (Å²) in [6.45, 7) is 5.12. The molecule has 0 aromatic heterocycles. The quantitative estimate of drug-likeness (QED) is 0.860. The summed E-state index contributed by atoms with van der Waals surface area (Å²) in [5, 5.41) is 8.66. The monoisotopic (exact) mass is 291 g/mol. The van der Waals surface area contributed by atoms with Crippen molar-refractivity contribution in [3.05, 3.63) is 41.2 Å². The Hall–Kier alpha value is -1.68. The molecule has 1 fully saturated rings. The molecule has 0 aliphatic carbocycles. The van der Waals surface area contributed by atoms with E-state index in [9.17, 15) is 9.18 Å². The summed E-state index contributed by atoms with van der Waals surface area (Å²) in [6.07, 6.45) is 6.05. The van der Waals surface area contributed by atoms with Crippen molar-refractivity contribution in [3.63, 3.8) is 0 Å². The van der Waals surface area contributed by atoms with Gasteiger partial charge in [0.25, 0.3) is 0 Å². The molecule has 1 aliphatic rings. The highest BCUT2D eigenvalue weighted by Crippen LogP contribution is 2.25. The van der Waals surface area contributed by atoms with Crippen LogP contribution in [0.2, 0.25) is 0 Å². The normalized spacial score (nSPS) is 23.6. The highest BCUT2D eigenvalue weighted by molar-refractivity contribution is 5.85. The SMILES string of the molecule is C[C@@H]1CCC[C@H](C)N1Cc1cc(F)cc(/C=C/C(=O)O)c1. The summed E-state index contributed by atoms with van der Waals surface area (Å²) in [4.78, 5) is 12.9. The van der Waals surface area contributed by atoms with Crippen molar-refractivity contribution >= 4 is 12.0 Å². The predicted molar refractivity (Wildman–Crippen MR) is 81.4 cm³/mol. The van der Waals surface area contributed by atoms with Crippen molar-refractivity contribution in [3.8, 4) is 0 Å². The number of hydrogen-bond donors (Lipinski definition) is 1. The van der Waals surface area contributed by atoms with E-state index in [1.54, 1.807) is 0 Å². The van der Waals surface area contributed by atoms with Gasteiger partial charge in [-0.25, -0.2) is 9.18 Å². The number of aliphatic carboxylic acids is 1. The van der Waals surface area contributed by atoms with E-state index in [-0.39, 0.29) is 5.82 Å². The van der Waals surface area contributed by atoms with Crippen LogP contribution in [0.3, 0.4) is 0 Å².